The SMILES string of the molecule is CCc1ccc(S(=O)(=O)NCCn2ccc(C(F)(F)F)n2)s1. The van der Waals surface area contributed by atoms with Crippen LogP contribution in [0.4, 0.5) is 13.2 Å². The second kappa shape index (κ2) is 6.39. The number of rotatable bonds is 6. The Labute approximate surface area is 129 Å². The number of thiophene rings is 1. The molecule has 0 saturated heterocycles. The minimum Gasteiger partial charge on any atom is -0.271 e. The molecule has 2 rings (SSSR count). The van der Waals surface area contributed by atoms with E-state index in [-0.39, 0.29) is 17.3 Å². The van der Waals surface area contributed by atoms with Crippen molar-refractivity contribution in [3.05, 3.63) is 35.0 Å². The van der Waals surface area contributed by atoms with Gasteiger partial charge in [-0.25, -0.2) is 13.1 Å². The van der Waals surface area contributed by atoms with Crippen molar-refractivity contribution in [2.45, 2.75) is 30.3 Å². The zero-order chi connectivity index (χ0) is 16.4. The fourth-order valence-corrected chi connectivity index (χ4v) is 4.06. The molecule has 10 heteroatoms. The second-order valence-electron chi connectivity index (χ2n) is 4.43. The van der Waals surface area contributed by atoms with Gasteiger partial charge in [0.05, 0.1) is 6.54 Å². The first-order chi connectivity index (χ1) is 10.2. The molecule has 0 unspecified atom stereocenters. The molecule has 1 N–H and O–H groups in total. The molecule has 0 aliphatic carbocycles. The van der Waals surface area contributed by atoms with E-state index >= 15 is 0 Å². The van der Waals surface area contributed by atoms with Crippen molar-refractivity contribution >= 4 is 21.4 Å². The minimum atomic E-state index is -4.50. The molecule has 0 aliphatic rings. The Morgan fingerprint density at radius 1 is 1.32 bits per heavy atom. The number of hydrogen-bond acceptors (Lipinski definition) is 4. The lowest BCUT2D eigenvalue weighted by Crippen LogP contribution is -2.27. The van der Waals surface area contributed by atoms with Gasteiger partial charge in [-0.3, -0.25) is 4.68 Å². The van der Waals surface area contributed by atoms with Crippen LogP contribution in [0.15, 0.2) is 28.6 Å². The molecule has 22 heavy (non-hydrogen) atoms. The van der Waals surface area contributed by atoms with Crippen molar-refractivity contribution in [2.24, 2.45) is 0 Å². The summed E-state index contributed by atoms with van der Waals surface area (Å²) in [4.78, 5) is 0.947. The van der Waals surface area contributed by atoms with E-state index in [0.29, 0.717) is 0 Å². The first-order valence-electron chi connectivity index (χ1n) is 6.41. The third kappa shape index (κ3) is 4.08. The van der Waals surface area contributed by atoms with Gasteiger partial charge in [0.2, 0.25) is 10.0 Å². The standard InChI is InChI=1S/C12H14F3N3O2S2/c1-2-9-3-4-11(21-9)22(19,20)16-6-8-18-7-5-10(17-18)12(13,14)15/h3-5,7,16H,2,6,8H2,1H3. The van der Waals surface area contributed by atoms with Crippen molar-refractivity contribution in [2.75, 3.05) is 6.54 Å². The van der Waals surface area contributed by atoms with E-state index in [1.54, 1.807) is 6.07 Å². The zero-order valence-corrected chi connectivity index (χ0v) is 13.2. The molecule has 0 saturated carbocycles. The van der Waals surface area contributed by atoms with Gasteiger partial charge in [0.25, 0.3) is 0 Å². The molecule has 0 spiro atoms. The Kier molecular flexibility index (Phi) is 4.93. The van der Waals surface area contributed by atoms with Crippen LogP contribution in [0.5, 0.6) is 0 Å². The summed E-state index contributed by atoms with van der Waals surface area (Å²) in [5.74, 6) is 0. The van der Waals surface area contributed by atoms with E-state index < -0.39 is 21.9 Å². The van der Waals surface area contributed by atoms with Gasteiger partial charge in [-0.05, 0) is 24.6 Å². The van der Waals surface area contributed by atoms with Gasteiger partial charge in [-0.2, -0.15) is 18.3 Å². The lowest BCUT2D eigenvalue weighted by molar-refractivity contribution is -0.141. The van der Waals surface area contributed by atoms with Crippen LogP contribution >= 0.6 is 11.3 Å². The molecule has 0 atom stereocenters. The summed E-state index contributed by atoms with van der Waals surface area (Å²) in [5, 5.41) is 3.35. The maximum Gasteiger partial charge on any atom is 0.435 e. The van der Waals surface area contributed by atoms with Crippen molar-refractivity contribution < 1.29 is 21.6 Å². The molecule has 5 nitrogen and oxygen atoms in total. The fraction of sp³-hybridized carbons (Fsp3) is 0.417. The van der Waals surface area contributed by atoms with Gasteiger partial charge in [0.1, 0.15) is 4.21 Å². The van der Waals surface area contributed by atoms with Gasteiger partial charge >= 0.3 is 6.18 Å². The normalized spacial score (nSPS) is 12.7. The molecule has 0 bridgehead atoms. The van der Waals surface area contributed by atoms with E-state index in [4.69, 9.17) is 0 Å². The monoisotopic (exact) mass is 353 g/mol. The number of alkyl halides is 3. The number of sulfonamides is 1. The first-order valence-corrected chi connectivity index (χ1v) is 8.71. The highest BCUT2D eigenvalue weighted by Gasteiger charge is 2.33. The van der Waals surface area contributed by atoms with E-state index in [1.807, 2.05) is 6.92 Å². The zero-order valence-electron chi connectivity index (χ0n) is 11.6. The van der Waals surface area contributed by atoms with Crippen LogP contribution in [0, 0.1) is 0 Å². The molecule has 0 fully saturated rings. The summed E-state index contributed by atoms with van der Waals surface area (Å²) in [5.41, 5.74) is -0.999. The van der Waals surface area contributed by atoms with Gasteiger partial charge in [0.15, 0.2) is 5.69 Å². The largest absolute Gasteiger partial charge is 0.435 e. The van der Waals surface area contributed by atoms with Crippen molar-refractivity contribution in [1.29, 1.82) is 0 Å². The van der Waals surface area contributed by atoms with Crippen LogP contribution in [0.2, 0.25) is 0 Å². The summed E-state index contributed by atoms with van der Waals surface area (Å²) in [6, 6.07) is 4.10. The summed E-state index contributed by atoms with van der Waals surface area (Å²) >= 11 is 1.17. The van der Waals surface area contributed by atoms with Crippen molar-refractivity contribution in [1.82, 2.24) is 14.5 Å². The summed E-state index contributed by atoms with van der Waals surface area (Å²) < 4.78 is 64.8. The predicted octanol–water partition coefficient (Wildman–Crippen LogP) is 2.50. The Bertz CT molecular complexity index is 735. The minimum absolute atomic E-state index is 0.0152. The molecule has 0 aliphatic heterocycles. The Morgan fingerprint density at radius 2 is 2.05 bits per heavy atom. The first kappa shape index (κ1) is 17.0. The fourth-order valence-electron chi connectivity index (χ4n) is 1.70. The smallest absolute Gasteiger partial charge is 0.271 e. The van der Waals surface area contributed by atoms with Gasteiger partial charge in [-0.1, -0.05) is 6.92 Å². The third-order valence-electron chi connectivity index (χ3n) is 2.81. The van der Waals surface area contributed by atoms with Gasteiger partial charge in [0, 0.05) is 17.6 Å². The second-order valence-corrected chi connectivity index (χ2v) is 7.60. The van der Waals surface area contributed by atoms with Gasteiger partial charge in [-0.15, -0.1) is 11.3 Å². The number of nitrogens with zero attached hydrogens (tertiary/aromatic N) is 2. The van der Waals surface area contributed by atoms with E-state index in [2.05, 4.69) is 9.82 Å². The van der Waals surface area contributed by atoms with Gasteiger partial charge < -0.3 is 0 Å². The number of aromatic nitrogens is 2. The van der Waals surface area contributed by atoms with E-state index in [1.165, 1.54) is 17.4 Å². The Morgan fingerprint density at radius 3 is 2.59 bits per heavy atom. The van der Waals surface area contributed by atoms with Crippen LogP contribution in [-0.2, 0) is 29.2 Å². The van der Waals surface area contributed by atoms with Crippen LogP contribution in [0.1, 0.15) is 17.5 Å². The number of hydrogen-bond donors (Lipinski definition) is 1. The molecule has 0 aromatic carbocycles. The van der Waals surface area contributed by atoms with Crippen LogP contribution in [0.25, 0.3) is 0 Å². The molecule has 2 aromatic rings. The molecular weight excluding hydrogens is 339 g/mol. The maximum absolute atomic E-state index is 12.4. The van der Waals surface area contributed by atoms with Crippen LogP contribution in [-0.4, -0.2) is 24.7 Å². The lowest BCUT2D eigenvalue weighted by atomic mass is 10.4. The molecule has 2 heterocycles. The van der Waals surface area contributed by atoms with Crippen LogP contribution < -0.4 is 4.72 Å². The third-order valence-corrected chi connectivity index (χ3v) is 6.00. The summed E-state index contributed by atoms with van der Waals surface area (Å²) in [6.45, 7) is 1.90. The highest BCUT2D eigenvalue weighted by atomic mass is 32.2. The maximum atomic E-state index is 12.4. The highest BCUT2D eigenvalue weighted by molar-refractivity contribution is 7.91. The van der Waals surface area contributed by atoms with E-state index in [0.717, 1.165) is 28.2 Å². The average molecular weight is 353 g/mol. The predicted molar refractivity (Wildman–Crippen MR) is 76.1 cm³/mol. The molecule has 0 amide bonds. The Hall–Kier alpha value is -1.39. The van der Waals surface area contributed by atoms with Crippen molar-refractivity contribution in [3.8, 4) is 0 Å². The summed E-state index contributed by atoms with van der Waals surface area (Å²) in [7, 11) is -3.64. The van der Waals surface area contributed by atoms with Crippen LogP contribution in [0.3, 0.4) is 0 Å². The Balaban J connectivity index is 1.94. The number of halogens is 3. The lowest BCUT2D eigenvalue weighted by Gasteiger charge is -2.05. The molecular formula is C12H14F3N3O2S2. The quantitative estimate of drug-likeness (QED) is 0.868. The highest BCUT2D eigenvalue weighted by Crippen LogP contribution is 2.27. The number of nitrogens with one attached hydrogen (secondary N) is 1. The number of aryl methyl sites for hydroxylation is 1. The average Bonchev–Trinajstić information content (AvgIpc) is 3.06. The molecule has 0 radical (unpaired) electrons. The van der Waals surface area contributed by atoms with E-state index in [9.17, 15) is 21.6 Å². The molecule has 2 aromatic heterocycles. The summed E-state index contributed by atoms with van der Waals surface area (Å²) in [6.07, 6.45) is -2.59. The van der Waals surface area contributed by atoms with Crippen molar-refractivity contribution in [3.63, 3.8) is 0 Å². The molecule has 122 valence electrons. The topological polar surface area (TPSA) is 64.0 Å².